The maximum absolute atomic E-state index is 11.5. The summed E-state index contributed by atoms with van der Waals surface area (Å²) in [6.07, 6.45) is 2.71. The normalized spacial score (nSPS) is 11.9. The van der Waals surface area contributed by atoms with Crippen LogP contribution in [0.1, 0.15) is 30.9 Å². The molecule has 0 bridgehead atoms. The standard InChI is InChI=1S/C19H21ClO3/c1-2-3-6-14-9-11-15(12-10-14)13-18(19(21)22)23-17-8-5-4-7-16(17)20/h4-5,7-12,18H,2-3,6,13H2,1H3,(H,21,22). The maximum atomic E-state index is 11.5. The van der Waals surface area contributed by atoms with Crippen molar-refractivity contribution in [1.82, 2.24) is 0 Å². The fraction of sp³-hybridized carbons (Fsp3) is 0.316. The van der Waals surface area contributed by atoms with Gasteiger partial charge in [0.1, 0.15) is 5.75 Å². The smallest absolute Gasteiger partial charge is 0.345 e. The molecule has 1 N–H and O–H groups in total. The van der Waals surface area contributed by atoms with Gasteiger partial charge in [0, 0.05) is 6.42 Å². The van der Waals surface area contributed by atoms with Gasteiger partial charge in [0.15, 0.2) is 6.10 Å². The van der Waals surface area contributed by atoms with Gasteiger partial charge in [0.25, 0.3) is 0 Å². The Morgan fingerprint density at radius 3 is 2.39 bits per heavy atom. The molecule has 1 atom stereocenters. The van der Waals surface area contributed by atoms with E-state index in [0.29, 0.717) is 17.2 Å². The number of carbonyl (C=O) groups is 1. The number of hydrogen-bond donors (Lipinski definition) is 1. The minimum absolute atomic E-state index is 0.300. The highest BCUT2D eigenvalue weighted by molar-refractivity contribution is 6.32. The highest BCUT2D eigenvalue weighted by Gasteiger charge is 2.21. The fourth-order valence-corrected chi connectivity index (χ4v) is 2.49. The van der Waals surface area contributed by atoms with E-state index in [1.807, 2.05) is 12.1 Å². The topological polar surface area (TPSA) is 46.5 Å². The lowest BCUT2D eigenvalue weighted by Gasteiger charge is -2.16. The Morgan fingerprint density at radius 2 is 1.78 bits per heavy atom. The van der Waals surface area contributed by atoms with Gasteiger partial charge >= 0.3 is 5.97 Å². The van der Waals surface area contributed by atoms with Gasteiger partial charge in [0.05, 0.1) is 5.02 Å². The lowest BCUT2D eigenvalue weighted by atomic mass is 10.0. The zero-order chi connectivity index (χ0) is 16.7. The van der Waals surface area contributed by atoms with Crippen LogP contribution in [0, 0.1) is 0 Å². The van der Waals surface area contributed by atoms with Crippen LogP contribution in [0.4, 0.5) is 0 Å². The Labute approximate surface area is 141 Å². The van der Waals surface area contributed by atoms with Crippen LogP contribution in [-0.4, -0.2) is 17.2 Å². The summed E-state index contributed by atoms with van der Waals surface area (Å²) in [5.41, 5.74) is 2.21. The van der Waals surface area contributed by atoms with Crippen molar-refractivity contribution in [1.29, 1.82) is 0 Å². The summed E-state index contributed by atoms with van der Waals surface area (Å²) in [6.45, 7) is 2.16. The molecule has 0 saturated heterocycles. The van der Waals surface area contributed by atoms with Gasteiger partial charge in [-0.3, -0.25) is 0 Å². The first-order chi connectivity index (χ1) is 11.1. The highest BCUT2D eigenvalue weighted by Crippen LogP contribution is 2.25. The number of benzene rings is 2. The Bertz CT molecular complexity index is 637. The van der Waals surface area contributed by atoms with Crippen LogP contribution in [-0.2, 0) is 17.6 Å². The predicted molar refractivity (Wildman–Crippen MR) is 92.3 cm³/mol. The molecule has 0 heterocycles. The first-order valence-electron chi connectivity index (χ1n) is 7.82. The average molecular weight is 333 g/mol. The van der Waals surface area contributed by atoms with Crippen LogP contribution in [0.25, 0.3) is 0 Å². The average Bonchev–Trinajstić information content (AvgIpc) is 2.55. The molecular weight excluding hydrogens is 312 g/mol. The fourth-order valence-electron chi connectivity index (χ4n) is 2.31. The Balaban J connectivity index is 2.05. The number of ether oxygens (including phenoxy) is 1. The lowest BCUT2D eigenvalue weighted by molar-refractivity contribution is -0.145. The van der Waals surface area contributed by atoms with E-state index < -0.39 is 12.1 Å². The van der Waals surface area contributed by atoms with Crippen molar-refractivity contribution in [2.45, 2.75) is 38.7 Å². The minimum atomic E-state index is -1.00. The molecule has 1 unspecified atom stereocenters. The summed E-state index contributed by atoms with van der Waals surface area (Å²) < 4.78 is 5.57. The molecule has 0 aliphatic rings. The highest BCUT2D eigenvalue weighted by atomic mass is 35.5. The van der Waals surface area contributed by atoms with Crippen LogP contribution in [0.3, 0.4) is 0 Å². The molecule has 2 aromatic carbocycles. The van der Waals surface area contributed by atoms with Crippen LogP contribution in [0.2, 0.25) is 5.02 Å². The number of aliphatic carboxylic acids is 1. The largest absolute Gasteiger partial charge is 0.478 e. The number of carboxylic acids is 1. The molecule has 0 spiro atoms. The monoisotopic (exact) mass is 332 g/mol. The van der Waals surface area contributed by atoms with Crippen molar-refractivity contribution in [3.8, 4) is 5.75 Å². The maximum Gasteiger partial charge on any atom is 0.345 e. The van der Waals surface area contributed by atoms with Gasteiger partial charge in [0.2, 0.25) is 0 Å². The number of para-hydroxylation sites is 1. The molecule has 4 heteroatoms. The minimum Gasteiger partial charge on any atom is -0.478 e. The van der Waals surface area contributed by atoms with E-state index >= 15 is 0 Å². The summed E-state index contributed by atoms with van der Waals surface area (Å²) in [5, 5.41) is 9.80. The van der Waals surface area contributed by atoms with Crippen molar-refractivity contribution < 1.29 is 14.6 Å². The number of halogens is 1. The first kappa shape index (κ1) is 17.4. The van der Waals surface area contributed by atoms with Gasteiger partial charge in [-0.05, 0) is 36.1 Å². The van der Waals surface area contributed by atoms with Crippen molar-refractivity contribution in [2.24, 2.45) is 0 Å². The van der Waals surface area contributed by atoms with Gasteiger partial charge in [-0.15, -0.1) is 0 Å². The quantitative estimate of drug-likeness (QED) is 0.758. The van der Waals surface area contributed by atoms with E-state index in [9.17, 15) is 9.90 Å². The van der Waals surface area contributed by atoms with Gasteiger partial charge in [-0.1, -0.05) is 61.3 Å². The van der Waals surface area contributed by atoms with E-state index in [0.717, 1.165) is 24.8 Å². The zero-order valence-corrected chi connectivity index (χ0v) is 13.9. The SMILES string of the molecule is CCCCc1ccc(CC(Oc2ccccc2Cl)C(=O)O)cc1. The molecular formula is C19H21ClO3. The van der Waals surface area contributed by atoms with E-state index in [1.165, 1.54) is 5.56 Å². The van der Waals surface area contributed by atoms with Crippen molar-refractivity contribution in [3.63, 3.8) is 0 Å². The molecule has 0 aliphatic heterocycles. The Morgan fingerprint density at radius 1 is 1.13 bits per heavy atom. The second-order valence-electron chi connectivity index (χ2n) is 5.50. The number of carboxylic acid groups (broad SMARTS) is 1. The molecule has 2 rings (SSSR count). The van der Waals surface area contributed by atoms with E-state index in [1.54, 1.807) is 24.3 Å². The molecule has 0 aromatic heterocycles. The summed E-state index contributed by atoms with van der Waals surface area (Å²) in [5.74, 6) is -0.610. The Hall–Kier alpha value is -2.00. The van der Waals surface area contributed by atoms with E-state index in [2.05, 4.69) is 19.1 Å². The number of hydrogen-bond acceptors (Lipinski definition) is 2. The third-order valence-electron chi connectivity index (χ3n) is 3.64. The van der Waals surface area contributed by atoms with E-state index in [4.69, 9.17) is 16.3 Å². The van der Waals surface area contributed by atoms with Crippen LogP contribution < -0.4 is 4.74 Å². The summed E-state index contributed by atoms with van der Waals surface area (Å²) in [6, 6.07) is 14.9. The predicted octanol–water partition coefficient (Wildman–Crippen LogP) is 4.76. The number of aryl methyl sites for hydroxylation is 1. The van der Waals surface area contributed by atoms with Crippen LogP contribution in [0.5, 0.6) is 5.75 Å². The summed E-state index contributed by atoms with van der Waals surface area (Å²) in [7, 11) is 0. The van der Waals surface area contributed by atoms with Crippen molar-refractivity contribution in [2.75, 3.05) is 0 Å². The van der Waals surface area contributed by atoms with E-state index in [-0.39, 0.29) is 0 Å². The third-order valence-corrected chi connectivity index (χ3v) is 3.96. The second-order valence-corrected chi connectivity index (χ2v) is 5.91. The summed E-state index contributed by atoms with van der Waals surface area (Å²) in [4.78, 5) is 11.5. The molecule has 0 amide bonds. The Kier molecular flexibility index (Phi) is 6.48. The van der Waals surface area contributed by atoms with Gasteiger partial charge in [-0.25, -0.2) is 4.79 Å². The lowest BCUT2D eigenvalue weighted by Crippen LogP contribution is -2.29. The molecule has 0 saturated carbocycles. The molecule has 0 aliphatic carbocycles. The molecule has 122 valence electrons. The second kappa shape index (κ2) is 8.59. The number of rotatable bonds is 8. The van der Waals surface area contributed by atoms with Crippen molar-refractivity contribution >= 4 is 17.6 Å². The number of unbranched alkanes of at least 4 members (excludes halogenated alkanes) is 1. The molecule has 0 radical (unpaired) electrons. The van der Waals surface area contributed by atoms with Crippen molar-refractivity contribution in [3.05, 3.63) is 64.7 Å². The van der Waals surface area contributed by atoms with Gasteiger partial charge < -0.3 is 9.84 Å². The molecule has 2 aromatic rings. The third kappa shape index (κ3) is 5.29. The molecule has 23 heavy (non-hydrogen) atoms. The van der Waals surface area contributed by atoms with Crippen LogP contribution >= 0.6 is 11.6 Å². The summed E-state index contributed by atoms with van der Waals surface area (Å²) >= 11 is 6.03. The molecule has 3 nitrogen and oxygen atoms in total. The first-order valence-corrected chi connectivity index (χ1v) is 8.19. The van der Waals surface area contributed by atoms with Crippen LogP contribution in [0.15, 0.2) is 48.5 Å². The van der Waals surface area contributed by atoms with Gasteiger partial charge in [-0.2, -0.15) is 0 Å². The molecule has 0 fully saturated rings. The zero-order valence-electron chi connectivity index (χ0n) is 13.2.